The Kier molecular flexibility index (Phi) is 6.86. The number of nitrogens with one attached hydrogen (secondary N) is 1. The molecule has 0 spiro atoms. The maximum Gasteiger partial charge on any atom is 0.305 e. The third-order valence-corrected chi connectivity index (χ3v) is 4.49. The Balaban J connectivity index is 2.06. The quantitative estimate of drug-likeness (QED) is 0.415. The van der Waals surface area contributed by atoms with Crippen LogP contribution in [0.5, 0.6) is 5.75 Å². The van der Waals surface area contributed by atoms with Gasteiger partial charge in [-0.3, -0.25) is 9.59 Å². The first-order chi connectivity index (χ1) is 11.9. The van der Waals surface area contributed by atoms with Crippen LogP contribution in [0.4, 0.5) is 0 Å². The number of ether oxygens (including phenoxy) is 1. The number of carboxylic acid groups (broad SMARTS) is 1. The van der Waals surface area contributed by atoms with Gasteiger partial charge in [-0.25, -0.2) is 0 Å². The average molecular weight is 402 g/mol. The number of amides is 1. The average Bonchev–Trinajstić information content (AvgIpc) is 2.86. The van der Waals surface area contributed by atoms with E-state index in [9.17, 15) is 9.59 Å². The van der Waals surface area contributed by atoms with Crippen molar-refractivity contribution in [3.05, 3.63) is 40.4 Å². The van der Waals surface area contributed by atoms with E-state index in [1.807, 2.05) is 0 Å². The molecule has 1 amide bonds. The largest absolute Gasteiger partial charge is 0.486 e. The van der Waals surface area contributed by atoms with Crippen LogP contribution < -0.4 is 10.1 Å². The van der Waals surface area contributed by atoms with Crippen LogP contribution in [0, 0.1) is 0 Å². The van der Waals surface area contributed by atoms with Crippen molar-refractivity contribution in [2.24, 2.45) is 10.2 Å². The molecule has 7 nitrogen and oxygen atoms in total. The van der Waals surface area contributed by atoms with Gasteiger partial charge < -0.3 is 15.2 Å². The van der Waals surface area contributed by atoms with E-state index >= 15 is 0 Å². The van der Waals surface area contributed by atoms with Crippen molar-refractivity contribution >= 4 is 58.2 Å². The third-order valence-electron chi connectivity index (χ3n) is 2.86. The lowest BCUT2D eigenvalue weighted by Gasteiger charge is -2.08. The molecule has 1 saturated heterocycles. The molecule has 132 valence electrons. The molecule has 1 aromatic rings. The molecular weight excluding hydrogens is 389 g/mol. The van der Waals surface area contributed by atoms with Gasteiger partial charge in [-0.1, -0.05) is 47.6 Å². The van der Waals surface area contributed by atoms with Crippen molar-refractivity contribution in [1.82, 2.24) is 5.32 Å². The lowest BCUT2D eigenvalue weighted by molar-refractivity contribution is -0.138. The summed E-state index contributed by atoms with van der Waals surface area (Å²) >= 11 is 13.2. The van der Waals surface area contributed by atoms with E-state index in [1.165, 1.54) is 6.21 Å². The molecule has 2 rings (SSSR count). The van der Waals surface area contributed by atoms with Crippen LogP contribution in [-0.4, -0.2) is 40.2 Å². The molecule has 0 radical (unpaired) electrons. The highest BCUT2D eigenvalue weighted by Crippen LogP contribution is 2.33. The number of carboxylic acids is 1. The summed E-state index contributed by atoms with van der Waals surface area (Å²) in [5, 5.41) is 19.0. The van der Waals surface area contributed by atoms with Crippen LogP contribution >= 0.6 is 35.0 Å². The topological polar surface area (TPSA) is 100 Å². The molecule has 1 fully saturated rings. The Morgan fingerprint density at radius 1 is 1.44 bits per heavy atom. The van der Waals surface area contributed by atoms with E-state index in [0.29, 0.717) is 21.4 Å². The van der Waals surface area contributed by atoms with Crippen molar-refractivity contribution < 1.29 is 19.4 Å². The maximum atomic E-state index is 11.6. The fourth-order valence-corrected chi connectivity index (χ4v) is 3.36. The smallest absolute Gasteiger partial charge is 0.305 e. The molecular formula is C15H13Cl2N3O4S. The van der Waals surface area contributed by atoms with Gasteiger partial charge in [0.15, 0.2) is 10.9 Å². The number of aliphatic carboxylic acids is 1. The first-order valence-corrected chi connectivity index (χ1v) is 8.57. The highest BCUT2D eigenvalue weighted by atomic mass is 35.5. The lowest BCUT2D eigenvalue weighted by atomic mass is 10.2. The molecule has 10 heteroatoms. The Labute approximate surface area is 157 Å². The molecule has 1 atom stereocenters. The standard InChI is InChI=1S/C15H13Cl2N3O4S/c1-2-3-24-13-9(16)4-8(5-10(13)17)7-18-20-15-19-14(23)11(25-15)6-12(21)22/h2,4-5,7,11H,1,3,6H2,(H,21,22)(H,19,20,23). The molecule has 0 aliphatic carbocycles. The number of hydrogen-bond acceptors (Lipinski definition) is 6. The van der Waals surface area contributed by atoms with Gasteiger partial charge in [0, 0.05) is 0 Å². The summed E-state index contributed by atoms with van der Waals surface area (Å²) in [6.45, 7) is 3.82. The van der Waals surface area contributed by atoms with E-state index in [-0.39, 0.29) is 18.2 Å². The highest BCUT2D eigenvalue weighted by molar-refractivity contribution is 8.15. The molecule has 1 aliphatic heterocycles. The minimum atomic E-state index is -1.06. The Bertz CT molecular complexity index is 744. The summed E-state index contributed by atoms with van der Waals surface area (Å²) in [5.74, 6) is -1.11. The summed E-state index contributed by atoms with van der Waals surface area (Å²) in [6.07, 6.45) is 2.69. The molecule has 1 unspecified atom stereocenters. The second kappa shape index (κ2) is 8.89. The monoisotopic (exact) mass is 401 g/mol. The minimum absolute atomic E-state index is 0.232. The fourth-order valence-electron chi connectivity index (χ4n) is 1.83. The molecule has 1 aromatic carbocycles. The predicted octanol–water partition coefficient (Wildman–Crippen LogP) is 2.95. The zero-order valence-corrected chi connectivity index (χ0v) is 15.1. The molecule has 0 saturated carbocycles. The summed E-state index contributed by atoms with van der Waals surface area (Å²) < 4.78 is 5.36. The first kappa shape index (κ1) is 19.3. The van der Waals surface area contributed by atoms with Gasteiger partial charge in [-0.05, 0) is 17.7 Å². The van der Waals surface area contributed by atoms with E-state index in [2.05, 4.69) is 22.1 Å². The van der Waals surface area contributed by atoms with Gasteiger partial charge in [-0.15, -0.1) is 5.10 Å². The van der Waals surface area contributed by atoms with E-state index in [4.69, 9.17) is 33.0 Å². The molecule has 0 aromatic heterocycles. The van der Waals surface area contributed by atoms with Crippen LogP contribution in [0.1, 0.15) is 12.0 Å². The lowest BCUT2D eigenvalue weighted by Crippen LogP contribution is -2.26. The van der Waals surface area contributed by atoms with Crippen molar-refractivity contribution in [2.75, 3.05) is 6.61 Å². The van der Waals surface area contributed by atoms with Crippen LogP contribution in [0.3, 0.4) is 0 Å². The van der Waals surface area contributed by atoms with Gasteiger partial charge in [0.05, 0.1) is 22.7 Å². The number of hydrogen-bond donors (Lipinski definition) is 2. The minimum Gasteiger partial charge on any atom is -0.486 e. The van der Waals surface area contributed by atoms with Gasteiger partial charge >= 0.3 is 5.97 Å². The number of amidine groups is 1. The van der Waals surface area contributed by atoms with Crippen molar-refractivity contribution in [2.45, 2.75) is 11.7 Å². The van der Waals surface area contributed by atoms with E-state index < -0.39 is 17.1 Å². The number of thioether (sulfide) groups is 1. The van der Waals surface area contributed by atoms with E-state index in [0.717, 1.165) is 11.8 Å². The van der Waals surface area contributed by atoms with Crippen LogP contribution in [0.2, 0.25) is 10.0 Å². The third kappa shape index (κ3) is 5.48. The van der Waals surface area contributed by atoms with Crippen LogP contribution in [-0.2, 0) is 9.59 Å². The second-order valence-corrected chi connectivity index (χ2v) is 6.76. The second-order valence-electron chi connectivity index (χ2n) is 4.76. The van der Waals surface area contributed by atoms with Crippen LogP contribution in [0.25, 0.3) is 0 Å². The van der Waals surface area contributed by atoms with E-state index in [1.54, 1.807) is 18.2 Å². The summed E-state index contributed by atoms with van der Waals surface area (Å²) in [5.41, 5.74) is 0.585. The van der Waals surface area contributed by atoms with Gasteiger partial charge in [0.1, 0.15) is 11.9 Å². The predicted molar refractivity (Wildman–Crippen MR) is 99.0 cm³/mol. The number of benzene rings is 1. The number of nitrogens with zero attached hydrogens (tertiary/aromatic N) is 2. The highest BCUT2D eigenvalue weighted by Gasteiger charge is 2.32. The van der Waals surface area contributed by atoms with Gasteiger partial charge in [0.25, 0.3) is 0 Å². The van der Waals surface area contributed by atoms with Crippen molar-refractivity contribution in [3.8, 4) is 5.75 Å². The van der Waals surface area contributed by atoms with Gasteiger partial charge in [0.2, 0.25) is 5.91 Å². The maximum absolute atomic E-state index is 11.6. The zero-order chi connectivity index (χ0) is 18.4. The SMILES string of the molecule is C=CCOc1c(Cl)cc(C=NN=C2NC(=O)C(CC(=O)O)S2)cc1Cl. The summed E-state index contributed by atoms with van der Waals surface area (Å²) in [6, 6.07) is 3.20. The number of rotatable bonds is 7. The number of carbonyl (C=O) groups excluding carboxylic acids is 1. The Morgan fingerprint density at radius 3 is 2.72 bits per heavy atom. The number of carbonyl (C=O) groups is 2. The summed E-state index contributed by atoms with van der Waals surface area (Å²) in [4.78, 5) is 22.2. The molecule has 1 heterocycles. The van der Waals surface area contributed by atoms with Crippen molar-refractivity contribution in [1.29, 1.82) is 0 Å². The molecule has 0 bridgehead atoms. The molecule has 2 N–H and O–H groups in total. The Hall–Kier alpha value is -2.03. The summed E-state index contributed by atoms with van der Waals surface area (Å²) in [7, 11) is 0. The Morgan fingerprint density at radius 2 is 2.12 bits per heavy atom. The van der Waals surface area contributed by atoms with Crippen LogP contribution in [0.15, 0.2) is 35.0 Å². The molecule has 25 heavy (non-hydrogen) atoms. The first-order valence-electron chi connectivity index (χ1n) is 6.93. The van der Waals surface area contributed by atoms with Crippen molar-refractivity contribution in [3.63, 3.8) is 0 Å². The van der Waals surface area contributed by atoms with Gasteiger partial charge in [-0.2, -0.15) is 5.10 Å². The fraction of sp³-hybridized carbons (Fsp3) is 0.200. The zero-order valence-electron chi connectivity index (χ0n) is 12.7. The molecule has 1 aliphatic rings. The number of halogens is 2. The normalized spacial score (nSPS) is 18.6.